The molecule has 1 aliphatic heterocycles. The summed E-state index contributed by atoms with van der Waals surface area (Å²) < 4.78 is 0. The van der Waals surface area contributed by atoms with Crippen LogP contribution in [0.1, 0.15) is 49.4 Å². The van der Waals surface area contributed by atoms with Crippen molar-refractivity contribution in [2.45, 2.75) is 39.0 Å². The van der Waals surface area contributed by atoms with Crippen molar-refractivity contribution < 1.29 is 9.59 Å². The third-order valence-corrected chi connectivity index (χ3v) is 5.77. The van der Waals surface area contributed by atoms with Gasteiger partial charge in [-0.15, -0.1) is 0 Å². The first-order valence-electron chi connectivity index (χ1n) is 9.08. The SMILES string of the molecule is CN1CC(C)(C2CCCCC2)CN(CC(=O)c2ccccc2)C1=O. The van der Waals surface area contributed by atoms with Crippen molar-refractivity contribution in [1.82, 2.24) is 9.80 Å². The quantitative estimate of drug-likeness (QED) is 0.788. The van der Waals surface area contributed by atoms with Crippen molar-refractivity contribution in [3.8, 4) is 0 Å². The molecule has 0 aromatic heterocycles. The van der Waals surface area contributed by atoms with E-state index >= 15 is 0 Å². The maximum Gasteiger partial charge on any atom is 0.320 e. The molecule has 4 nitrogen and oxygen atoms in total. The fourth-order valence-electron chi connectivity index (χ4n) is 4.47. The third-order valence-electron chi connectivity index (χ3n) is 5.77. The first kappa shape index (κ1) is 17.0. The van der Waals surface area contributed by atoms with Crippen LogP contribution in [0.5, 0.6) is 0 Å². The average Bonchev–Trinajstić information content (AvgIpc) is 2.61. The van der Waals surface area contributed by atoms with E-state index in [0.29, 0.717) is 18.0 Å². The minimum atomic E-state index is -0.0208. The Labute approximate surface area is 144 Å². The number of Topliss-reactive ketones (excluding diaryl/α,β-unsaturated/α-hetero) is 1. The second kappa shape index (κ2) is 6.96. The zero-order valence-corrected chi connectivity index (χ0v) is 14.8. The first-order valence-corrected chi connectivity index (χ1v) is 9.08. The lowest BCUT2D eigenvalue weighted by Crippen LogP contribution is -2.59. The number of hydrogen-bond donors (Lipinski definition) is 0. The summed E-state index contributed by atoms with van der Waals surface area (Å²) in [5.74, 6) is 0.668. The Kier molecular flexibility index (Phi) is 4.93. The van der Waals surface area contributed by atoms with Crippen LogP contribution in [0, 0.1) is 11.3 Å². The van der Waals surface area contributed by atoms with E-state index in [2.05, 4.69) is 6.92 Å². The van der Waals surface area contributed by atoms with Crippen molar-refractivity contribution in [2.24, 2.45) is 11.3 Å². The van der Waals surface area contributed by atoms with Gasteiger partial charge >= 0.3 is 6.03 Å². The third kappa shape index (κ3) is 3.47. The van der Waals surface area contributed by atoms with E-state index in [1.54, 1.807) is 9.80 Å². The molecular weight excluding hydrogens is 300 g/mol. The summed E-state index contributed by atoms with van der Waals surface area (Å²) in [5, 5.41) is 0. The number of ketones is 1. The summed E-state index contributed by atoms with van der Waals surface area (Å²) in [5.41, 5.74) is 0.762. The van der Waals surface area contributed by atoms with Gasteiger partial charge in [0, 0.05) is 31.1 Å². The van der Waals surface area contributed by atoms with Gasteiger partial charge in [-0.05, 0) is 18.8 Å². The molecule has 3 rings (SSSR count). The van der Waals surface area contributed by atoms with Gasteiger partial charge in [0.05, 0.1) is 6.54 Å². The monoisotopic (exact) mass is 328 g/mol. The minimum absolute atomic E-state index is 0.0187. The number of hydrogen-bond acceptors (Lipinski definition) is 2. The van der Waals surface area contributed by atoms with E-state index in [4.69, 9.17) is 0 Å². The van der Waals surface area contributed by atoms with Crippen LogP contribution in [0.15, 0.2) is 30.3 Å². The van der Waals surface area contributed by atoms with Crippen LogP contribution in [0.3, 0.4) is 0 Å². The molecule has 1 saturated heterocycles. The van der Waals surface area contributed by atoms with Crippen molar-refractivity contribution in [2.75, 3.05) is 26.7 Å². The summed E-state index contributed by atoms with van der Waals surface area (Å²) >= 11 is 0. The van der Waals surface area contributed by atoms with Crippen molar-refractivity contribution >= 4 is 11.8 Å². The maximum atomic E-state index is 12.6. The summed E-state index contributed by atoms with van der Waals surface area (Å²) in [7, 11) is 1.86. The number of benzene rings is 1. The van der Waals surface area contributed by atoms with Gasteiger partial charge in [0.2, 0.25) is 0 Å². The zero-order chi connectivity index (χ0) is 17.2. The molecule has 130 valence electrons. The summed E-state index contributed by atoms with van der Waals surface area (Å²) in [4.78, 5) is 28.7. The van der Waals surface area contributed by atoms with Crippen LogP contribution < -0.4 is 0 Å². The molecule has 1 saturated carbocycles. The lowest BCUT2D eigenvalue weighted by Gasteiger charge is -2.49. The number of rotatable bonds is 4. The van der Waals surface area contributed by atoms with Crippen molar-refractivity contribution in [3.63, 3.8) is 0 Å². The van der Waals surface area contributed by atoms with Gasteiger partial charge in [-0.25, -0.2) is 4.79 Å². The Morgan fingerprint density at radius 2 is 1.79 bits per heavy atom. The predicted molar refractivity (Wildman–Crippen MR) is 95.1 cm³/mol. The van der Waals surface area contributed by atoms with E-state index in [-0.39, 0.29) is 23.8 Å². The van der Waals surface area contributed by atoms with Gasteiger partial charge in [0.15, 0.2) is 5.78 Å². The molecule has 24 heavy (non-hydrogen) atoms. The lowest BCUT2D eigenvalue weighted by atomic mass is 9.68. The fraction of sp³-hybridized carbons (Fsp3) is 0.600. The van der Waals surface area contributed by atoms with Gasteiger partial charge in [0.1, 0.15) is 0 Å². The highest BCUT2D eigenvalue weighted by molar-refractivity contribution is 5.99. The van der Waals surface area contributed by atoms with Crippen molar-refractivity contribution in [3.05, 3.63) is 35.9 Å². The summed E-state index contributed by atoms with van der Waals surface area (Å²) in [6.45, 7) is 3.97. The smallest absolute Gasteiger partial charge is 0.320 e. The van der Waals surface area contributed by atoms with Crippen molar-refractivity contribution in [1.29, 1.82) is 0 Å². The van der Waals surface area contributed by atoms with E-state index in [1.165, 1.54) is 32.1 Å². The average molecular weight is 328 g/mol. The van der Waals surface area contributed by atoms with Gasteiger partial charge < -0.3 is 9.80 Å². The highest BCUT2D eigenvalue weighted by atomic mass is 16.2. The molecule has 1 aliphatic carbocycles. The normalized spacial score (nSPS) is 25.8. The standard InChI is InChI=1S/C20H28N2O2/c1-20(17-11-7-4-8-12-17)14-21(2)19(24)22(15-20)13-18(23)16-9-5-3-6-10-16/h3,5-6,9-10,17H,4,7-8,11-15H2,1-2H3. The molecular formula is C20H28N2O2. The highest BCUT2D eigenvalue weighted by Crippen LogP contribution is 2.41. The summed E-state index contributed by atoms with van der Waals surface area (Å²) in [6.07, 6.45) is 6.41. The van der Waals surface area contributed by atoms with E-state index in [0.717, 1.165) is 6.54 Å². The van der Waals surface area contributed by atoms with Gasteiger partial charge in [-0.3, -0.25) is 4.79 Å². The molecule has 1 atom stereocenters. The van der Waals surface area contributed by atoms with E-state index in [9.17, 15) is 9.59 Å². The molecule has 0 bridgehead atoms. The van der Waals surface area contributed by atoms with Gasteiger partial charge in [-0.2, -0.15) is 0 Å². The number of carbonyl (C=O) groups excluding carboxylic acids is 2. The number of amides is 2. The molecule has 2 aliphatic rings. The van der Waals surface area contributed by atoms with Crippen LogP contribution in [0.2, 0.25) is 0 Å². The Balaban J connectivity index is 1.74. The topological polar surface area (TPSA) is 40.6 Å². The lowest BCUT2D eigenvalue weighted by molar-refractivity contribution is 0.0215. The summed E-state index contributed by atoms with van der Waals surface area (Å²) in [6, 6.07) is 9.25. The second-order valence-corrected chi connectivity index (χ2v) is 7.77. The highest BCUT2D eigenvalue weighted by Gasteiger charge is 2.43. The minimum Gasteiger partial charge on any atom is -0.327 e. The molecule has 2 fully saturated rings. The molecule has 1 aromatic carbocycles. The van der Waals surface area contributed by atoms with Crippen LogP contribution in [0.4, 0.5) is 4.79 Å². The van der Waals surface area contributed by atoms with Crippen LogP contribution in [0.25, 0.3) is 0 Å². The molecule has 4 heteroatoms. The second-order valence-electron chi connectivity index (χ2n) is 7.77. The Hall–Kier alpha value is -1.84. The first-order chi connectivity index (χ1) is 11.5. The maximum absolute atomic E-state index is 12.6. The van der Waals surface area contributed by atoms with Gasteiger partial charge in [0.25, 0.3) is 0 Å². The largest absolute Gasteiger partial charge is 0.327 e. The molecule has 0 spiro atoms. The Morgan fingerprint density at radius 3 is 2.46 bits per heavy atom. The van der Waals surface area contributed by atoms with Crippen LogP contribution in [-0.4, -0.2) is 48.3 Å². The number of urea groups is 1. The molecule has 1 aromatic rings. The molecule has 1 heterocycles. The van der Waals surface area contributed by atoms with E-state index in [1.807, 2.05) is 37.4 Å². The molecule has 2 amide bonds. The zero-order valence-electron chi connectivity index (χ0n) is 14.8. The van der Waals surface area contributed by atoms with Crippen LogP contribution >= 0.6 is 0 Å². The molecule has 1 unspecified atom stereocenters. The van der Waals surface area contributed by atoms with Gasteiger partial charge in [-0.1, -0.05) is 56.5 Å². The number of carbonyl (C=O) groups is 2. The molecule has 0 N–H and O–H groups in total. The van der Waals surface area contributed by atoms with E-state index < -0.39 is 0 Å². The molecule has 0 radical (unpaired) electrons. The Bertz CT molecular complexity index is 595. The Morgan fingerprint density at radius 1 is 1.12 bits per heavy atom. The number of nitrogens with zero attached hydrogens (tertiary/aromatic N) is 2. The fourth-order valence-corrected chi connectivity index (χ4v) is 4.47. The predicted octanol–water partition coefficient (Wildman–Crippen LogP) is 3.82. The van der Waals surface area contributed by atoms with Crippen LogP contribution in [-0.2, 0) is 0 Å².